The molecule has 1 aromatic carbocycles. The Morgan fingerprint density at radius 2 is 2.26 bits per heavy atom. The third-order valence-corrected chi connectivity index (χ3v) is 3.73. The Hall–Kier alpha value is -1.46. The molecule has 1 aliphatic rings. The molecule has 4 nitrogen and oxygen atoms in total. The van der Waals surface area contributed by atoms with E-state index in [-0.39, 0.29) is 18.3 Å². The van der Waals surface area contributed by atoms with Gasteiger partial charge in [0.15, 0.2) is 0 Å². The van der Waals surface area contributed by atoms with Crippen molar-refractivity contribution in [3.8, 4) is 0 Å². The maximum absolute atomic E-state index is 13.8. The highest BCUT2D eigenvalue weighted by molar-refractivity contribution is 5.80. The van der Waals surface area contributed by atoms with Gasteiger partial charge in [-0.15, -0.1) is 0 Å². The van der Waals surface area contributed by atoms with Crippen LogP contribution in [-0.4, -0.2) is 30.3 Å². The molecule has 1 aliphatic heterocycles. The second kappa shape index (κ2) is 5.27. The molecule has 0 saturated carbocycles. The normalized spacial score (nSPS) is 30.3. The first-order valence-electron chi connectivity index (χ1n) is 6.23. The number of hydrogen-bond donors (Lipinski definition) is 2. The number of rotatable bonds is 3. The summed E-state index contributed by atoms with van der Waals surface area (Å²) in [7, 11) is 1.32. The fourth-order valence-electron chi connectivity index (χ4n) is 2.76. The number of esters is 1. The Labute approximate surface area is 111 Å². The fraction of sp³-hybridized carbons (Fsp3) is 0.500. The van der Waals surface area contributed by atoms with Crippen molar-refractivity contribution >= 4 is 5.97 Å². The minimum Gasteiger partial charge on any atom is -0.468 e. The summed E-state index contributed by atoms with van der Waals surface area (Å²) < 4.78 is 18.6. The lowest BCUT2D eigenvalue weighted by Gasteiger charge is -2.23. The van der Waals surface area contributed by atoms with Crippen LogP contribution in [0.5, 0.6) is 0 Å². The van der Waals surface area contributed by atoms with Gasteiger partial charge in [-0.2, -0.15) is 0 Å². The van der Waals surface area contributed by atoms with Crippen LogP contribution in [0.4, 0.5) is 4.39 Å². The van der Waals surface area contributed by atoms with Crippen LogP contribution in [-0.2, 0) is 9.53 Å². The van der Waals surface area contributed by atoms with Crippen LogP contribution in [0.3, 0.4) is 0 Å². The molecule has 1 saturated heterocycles. The van der Waals surface area contributed by atoms with E-state index in [1.165, 1.54) is 13.2 Å². The third-order valence-electron chi connectivity index (χ3n) is 3.73. The molecule has 1 aromatic rings. The van der Waals surface area contributed by atoms with E-state index in [9.17, 15) is 14.3 Å². The summed E-state index contributed by atoms with van der Waals surface area (Å²) in [5.74, 6) is -0.960. The largest absolute Gasteiger partial charge is 0.468 e. The highest BCUT2D eigenvalue weighted by Crippen LogP contribution is 2.39. The summed E-state index contributed by atoms with van der Waals surface area (Å²) >= 11 is 0. The number of carbonyl (C=O) groups excluding carboxylic acids is 1. The van der Waals surface area contributed by atoms with Gasteiger partial charge in [-0.3, -0.25) is 10.1 Å². The van der Waals surface area contributed by atoms with Crippen LogP contribution in [0.25, 0.3) is 0 Å². The van der Waals surface area contributed by atoms with Crippen molar-refractivity contribution in [2.24, 2.45) is 5.92 Å². The lowest BCUT2D eigenvalue weighted by Crippen LogP contribution is -2.46. The number of halogens is 1. The first-order valence-corrected chi connectivity index (χ1v) is 6.23. The molecule has 0 aliphatic carbocycles. The van der Waals surface area contributed by atoms with Gasteiger partial charge < -0.3 is 9.84 Å². The van der Waals surface area contributed by atoms with E-state index in [0.717, 1.165) is 0 Å². The van der Waals surface area contributed by atoms with Crippen LogP contribution >= 0.6 is 0 Å². The van der Waals surface area contributed by atoms with Crippen molar-refractivity contribution in [1.29, 1.82) is 0 Å². The SMILES string of the molecule is COC(=O)[C@@]1(C)C[C@@H](CO)[C@@H](c2ccccc2F)N1. The summed E-state index contributed by atoms with van der Waals surface area (Å²) in [4.78, 5) is 11.8. The van der Waals surface area contributed by atoms with E-state index in [4.69, 9.17) is 4.74 Å². The zero-order valence-electron chi connectivity index (χ0n) is 11.0. The Morgan fingerprint density at radius 1 is 1.58 bits per heavy atom. The lowest BCUT2D eigenvalue weighted by atomic mass is 9.90. The molecule has 3 atom stereocenters. The fourth-order valence-corrected chi connectivity index (χ4v) is 2.76. The number of nitrogens with one attached hydrogen (secondary N) is 1. The Bertz CT molecular complexity index is 480. The molecule has 0 aromatic heterocycles. The number of aliphatic hydroxyl groups excluding tert-OH is 1. The van der Waals surface area contributed by atoms with E-state index in [1.54, 1.807) is 25.1 Å². The Kier molecular flexibility index (Phi) is 3.87. The molecule has 2 rings (SSSR count). The molecule has 1 fully saturated rings. The number of benzene rings is 1. The zero-order chi connectivity index (χ0) is 14.0. The van der Waals surface area contributed by atoms with Gasteiger partial charge in [0, 0.05) is 24.1 Å². The molecule has 0 spiro atoms. The first kappa shape index (κ1) is 14.0. The molecule has 0 amide bonds. The van der Waals surface area contributed by atoms with Gasteiger partial charge in [0.1, 0.15) is 11.4 Å². The van der Waals surface area contributed by atoms with Crippen LogP contribution < -0.4 is 5.32 Å². The van der Waals surface area contributed by atoms with Crippen molar-refractivity contribution < 1.29 is 19.0 Å². The van der Waals surface area contributed by atoms with Crippen LogP contribution in [0.1, 0.15) is 24.9 Å². The molecule has 104 valence electrons. The second-order valence-corrected chi connectivity index (χ2v) is 5.11. The smallest absolute Gasteiger partial charge is 0.325 e. The highest BCUT2D eigenvalue weighted by atomic mass is 19.1. The summed E-state index contributed by atoms with van der Waals surface area (Å²) in [6.45, 7) is 1.60. The molecule has 0 unspecified atom stereocenters. The quantitative estimate of drug-likeness (QED) is 0.813. The van der Waals surface area contributed by atoms with Crippen molar-refractivity contribution in [3.05, 3.63) is 35.6 Å². The van der Waals surface area contributed by atoms with Crippen molar-refractivity contribution in [1.82, 2.24) is 5.32 Å². The van der Waals surface area contributed by atoms with E-state index in [2.05, 4.69) is 5.32 Å². The number of aliphatic hydroxyl groups is 1. The maximum Gasteiger partial charge on any atom is 0.325 e. The van der Waals surface area contributed by atoms with E-state index < -0.39 is 17.6 Å². The van der Waals surface area contributed by atoms with Gasteiger partial charge in [-0.1, -0.05) is 18.2 Å². The highest BCUT2D eigenvalue weighted by Gasteiger charge is 2.48. The van der Waals surface area contributed by atoms with E-state index >= 15 is 0 Å². The zero-order valence-corrected chi connectivity index (χ0v) is 11.0. The van der Waals surface area contributed by atoms with Crippen molar-refractivity contribution in [2.45, 2.75) is 24.9 Å². The molecule has 2 N–H and O–H groups in total. The van der Waals surface area contributed by atoms with Gasteiger partial charge in [0.2, 0.25) is 0 Å². The summed E-state index contributed by atoms with van der Waals surface area (Å²) in [6.07, 6.45) is 0.412. The molecule has 0 radical (unpaired) electrons. The molecule has 0 bridgehead atoms. The van der Waals surface area contributed by atoms with Gasteiger partial charge in [0.05, 0.1) is 7.11 Å². The monoisotopic (exact) mass is 267 g/mol. The average Bonchev–Trinajstić information content (AvgIpc) is 2.77. The maximum atomic E-state index is 13.8. The lowest BCUT2D eigenvalue weighted by molar-refractivity contribution is -0.147. The van der Waals surface area contributed by atoms with E-state index in [0.29, 0.717) is 12.0 Å². The standard InChI is InChI=1S/C14H18FNO3/c1-14(13(18)19-2)7-9(8-17)12(16-14)10-5-3-4-6-11(10)15/h3-6,9,12,16-17H,7-8H2,1-2H3/t9-,12-,14+/m0/s1. The first-order chi connectivity index (χ1) is 9.01. The van der Waals surface area contributed by atoms with Gasteiger partial charge in [-0.25, -0.2) is 4.39 Å². The molecule has 1 heterocycles. The van der Waals surface area contributed by atoms with Crippen LogP contribution in [0, 0.1) is 11.7 Å². The number of hydrogen-bond acceptors (Lipinski definition) is 4. The van der Waals surface area contributed by atoms with Gasteiger partial charge >= 0.3 is 5.97 Å². The average molecular weight is 267 g/mol. The van der Waals surface area contributed by atoms with E-state index in [1.807, 2.05) is 0 Å². The summed E-state index contributed by atoms with van der Waals surface area (Å²) in [5, 5.41) is 12.6. The minimum atomic E-state index is -0.894. The molecular formula is C14H18FNO3. The molecular weight excluding hydrogens is 249 g/mol. The number of methoxy groups -OCH3 is 1. The number of carbonyl (C=O) groups is 1. The predicted octanol–water partition coefficient (Wildman–Crippen LogP) is 1.40. The van der Waals surface area contributed by atoms with Gasteiger partial charge in [-0.05, 0) is 19.4 Å². The topological polar surface area (TPSA) is 58.6 Å². The van der Waals surface area contributed by atoms with Gasteiger partial charge in [0.25, 0.3) is 0 Å². The van der Waals surface area contributed by atoms with Crippen LogP contribution in [0.2, 0.25) is 0 Å². The Morgan fingerprint density at radius 3 is 2.84 bits per heavy atom. The predicted molar refractivity (Wildman–Crippen MR) is 67.9 cm³/mol. The molecule has 19 heavy (non-hydrogen) atoms. The van der Waals surface area contributed by atoms with Crippen LogP contribution in [0.15, 0.2) is 24.3 Å². The minimum absolute atomic E-state index is 0.113. The summed E-state index contributed by atoms with van der Waals surface area (Å²) in [6, 6.07) is 6.00. The summed E-state index contributed by atoms with van der Waals surface area (Å²) in [5.41, 5.74) is -0.427. The third kappa shape index (κ3) is 2.48. The Balaban J connectivity index is 2.31. The second-order valence-electron chi connectivity index (χ2n) is 5.11. The van der Waals surface area contributed by atoms with Crippen molar-refractivity contribution in [2.75, 3.05) is 13.7 Å². The van der Waals surface area contributed by atoms with Crippen molar-refractivity contribution in [3.63, 3.8) is 0 Å². The number of ether oxygens (including phenoxy) is 1. The molecule has 5 heteroatoms.